The second-order valence-corrected chi connectivity index (χ2v) is 16.9. The SMILES string of the molecule is CC1=Cc2c(Cl)cccc2C1.CC1=Cc2c(Cl)cccc2C1[Si](C)(C)C1C(C)=Cc2c(Cl)cccc21. The third-order valence-electron chi connectivity index (χ3n) is 7.94. The van der Waals surface area contributed by atoms with Crippen LogP contribution in [0.2, 0.25) is 28.2 Å². The number of hydrogen-bond donors (Lipinski definition) is 0. The molecule has 4 heteroatoms. The molecule has 0 saturated heterocycles. The van der Waals surface area contributed by atoms with Crippen LogP contribution in [0.5, 0.6) is 0 Å². The lowest BCUT2D eigenvalue weighted by Crippen LogP contribution is -2.42. The Kier molecular flexibility index (Phi) is 6.89. The zero-order valence-corrected chi connectivity index (χ0v) is 24.7. The van der Waals surface area contributed by atoms with Crippen molar-refractivity contribution in [2.75, 3.05) is 0 Å². The number of allylic oxidation sites excluding steroid dienone is 3. The van der Waals surface area contributed by atoms with Crippen LogP contribution in [0.4, 0.5) is 0 Å². The first kappa shape index (κ1) is 25.6. The van der Waals surface area contributed by atoms with Crippen molar-refractivity contribution in [3.05, 3.63) is 120 Å². The normalized spacial score (nSPS) is 19.5. The Morgan fingerprint density at radius 3 is 1.53 bits per heavy atom. The third kappa shape index (κ3) is 4.35. The van der Waals surface area contributed by atoms with Crippen LogP contribution in [0, 0.1) is 0 Å². The average molecular weight is 550 g/mol. The smallest absolute Gasteiger partial charge is 0.0722 e. The Morgan fingerprint density at radius 1 is 0.611 bits per heavy atom. The van der Waals surface area contributed by atoms with Crippen LogP contribution in [0.3, 0.4) is 0 Å². The molecule has 0 amide bonds. The lowest BCUT2D eigenvalue weighted by atomic mass is 10.1. The number of rotatable bonds is 2. The molecule has 36 heavy (non-hydrogen) atoms. The predicted octanol–water partition coefficient (Wildman–Crippen LogP) is 10.8. The van der Waals surface area contributed by atoms with Crippen molar-refractivity contribution >= 4 is 61.1 Å². The molecule has 0 aliphatic heterocycles. The van der Waals surface area contributed by atoms with E-state index in [1.807, 2.05) is 24.3 Å². The second kappa shape index (κ2) is 9.69. The summed E-state index contributed by atoms with van der Waals surface area (Å²) < 4.78 is 0. The maximum Gasteiger partial charge on any atom is 0.0722 e. The molecule has 0 spiro atoms. The Morgan fingerprint density at radius 2 is 1.06 bits per heavy atom. The maximum absolute atomic E-state index is 6.48. The summed E-state index contributed by atoms with van der Waals surface area (Å²) in [5.41, 5.74) is 13.1. The van der Waals surface area contributed by atoms with Crippen molar-refractivity contribution in [3.63, 3.8) is 0 Å². The maximum atomic E-state index is 6.48. The van der Waals surface area contributed by atoms with Crippen LogP contribution in [-0.2, 0) is 6.42 Å². The standard InChI is InChI=1S/C22H22Cl2Si.C10H9Cl/c1-13-11-17-15(7-5-9-19(17)23)21(13)25(3,4)22-14(2)12-18-16(22)8-6-10-20(18)24;1-7-5-8-3-2-4-10(11)9(8)6-7/h5-12,21-22H,1-4H3;2-4,6H,5H2,1H3. The molecule has 3 aliphatic rings. The van der Waals surface area contributed by atoms with Crippen LogP contribution in [-0.4, -0.2) is 8.07 Å². The average Bonchev–Trinajstić information content (AvgIpc) is 3.48. The van der Waals surface area contributed by atoms with Gasteiger partial charge in [0.05, 0.1) is 8.07 Å². The van der Waals surface area contributed by atoms with Gasteiger partial charge in [-0.05, 0) is 78.8 Å². The van der Waals surface area contributed by atoms with Gasteiger partial charge in [-0.2, -0.15) is 0 Å². The third-order valence-corrected chi connectivity index (χ3v) is 13.4. The van der Waals surface area contributed by atoms with Crippen molar-refractivity contribution in [1.82, 2.24) is 0 Å². The second-order valence-electron chi connectivity index (χ2n) is 10.9. The molecule has 3 aromatic carbocycles. The van der Waals surface area contributed by atoms with Gasteiger partial charge in [-0.15, -0.1) is 0 Å². The van der Waals surface area contributed by atoms with Crippen LogP contribution >= 0.6 is 34.8 Å². The van der Waals surface area contributed by atoms with Gasteiger partial charge in [-0.3, -0.25) is 0 Å². The molecule has 0 nitrogen and oxygen atoms in total. The molecule has 2 unspecified atom stereocenters. The van der Waals surface area contributed by atoms with Gasteiger partial charge >= 0.3 is 0 Å². The fourth-order valence-electron chi connectivity index (χ4n) is 6.67. The summed E-state index contributed by atoms with van der Waals surface area (Å²) in [7, 11) is -1.77. The molecule has 3 aromatic rings. The van der Waals surface area contributed by atoms with Gasteiger partial charge in [0.25, 0.3) is 0 Å². The molecule has 0 aromatic heterocycles. The Labute approximate surface area is 231 Å². The van der Waals surface area contributed by atoms with Crippen molar-refractivity contribution < 1.29 is 0 Å². The van der Waals surface area contributed by atoms with E-state index in [1.54, 1.807) is 0 Å². The predicted molar refractivity (Wildman–Crippen MR) is 162 cm³/mol. The highest BCUT2D eigenvalue weighted by atomic mass is 35.5. The number of benzene rings is 3. The monoisotopic (exact) mass is 548 g/mol. The zero-order chi connectivity index (χ0) is 25.8. The van der Waals surface area contributed by atoms with Gasteiger partial charge in [-0.1, -0.05) is 119 Å². The number of fused-ring (bicyclic) bond motifs is 3. The molecule has 0 heterocycles. The van der Waals surface area contributed by atoms with Gasteiger partial charge in [-0.25, -0.2) is 0 Å². The fourth-order valence-corrected chi connectivity index (χ4v) is 12.3. The highest BCUT2D eigenvalue weighted by Crippen LogP contribution is 2.53. The number of hydrogen-bond acceptors (Lipinski definition) is 0. The highest BCUT2D eigenvalue weighted by Gasteiger charge is 2.47. The Hall–Kier alpha value is -2.03. The van der Waals surface area contributed by atoms with E-state index in [2.05, 4.69) is 82.4 Å². The minimum Gasteiger partial charge on any atom is -0.0837 e. The number of halogens is 3. The molecule has 0 radical (unpaired) electrons. The Balaban J connectivity index is 0.000000202. The molecule has 0 bridgehead atoms. The quantitative estimate of drug-likeness (QED) is 0.279. The lowest BCUT2D eigenvalue weighted by molar-refractivity contribution is 0.968. The molecule has 0 N–H and O–H groups in total. The van der Waals surface area contributed by atoms with Gasteiger partial charge in [0.1, 0.15) is 0 Å². The molecule has 3 aliphatic carbocycles. The van der Waals surface area contributed by atoms with Gasteiger partial charge in [0.2, 0.25) is 0 Å². The van der Waals surface area contributed by atoms with Crippen molar-refractivity contribution in [1.29, 1.82) is 0 Å². The van der Waals surface area contributed by atoms with Crippen LogP contribution < -0.4 is 0 Å². The first-order valence-electron chi connectivity index (χ1n) is 12.5. The van der Waals surface area contributed by atoms with Crippen LogP contribution in [0.1, 0.15) is 65.2 Å². The summed E-state index contributed by atoms with van der Waals surface area (Å²) in [6.45, 7) is 11.7. The van der Waals surface area contributed by atoms with Crippen molar-refractivity contribution in [2.24, 2.45) is 0 Å². The van der Waals surface area contributed by atoms with E-state index in [9.17, 15) is 0 Å². The minimum atomic E-state index is -1.77. The van der Waals surface area contributed by atoms with Gasteiger partial charge < -0.3 is 0 Å². The summed E-state index contributed by atoms with van der Waals surface area (Å²) in [4.78, 5) is 0. The molecule has 6 rings (SSSR count). The van der Waals surface area contributed by atoms with Crippen LogP contribution in [0.15, 0.2) is 71.3 Å². The van der Waals surface area contributed by atoms with Crippen molar-refractivity contribution in [3.8, 4) is 0 Å². The summed E-state index contributed by atoms with van der Waals surface area (Å²) in [6.07, 6.45) is 7.82. The van der Waals surface area contributed by atoms with Gasteiger partial charge in [0.15, 0.2) is 0 Å². The molecule has 0 fully saturated rings. The van der Waals surface area contributed by atoms with E-state index in [4.69, 9.17) is 34.8 Å². The highest BCUT2D eigenvalue weighted by molar-refractivity contribution is 6.81. The molecule has 184 valence electrons. The first-order valence-corrected chi connectivity index (χ1v) is 16.8. The van der Waals surface area contributed by atoms with E-state index >= 15 is 0 Å². The van der Waals surface area contributed by atoms with E-state index in [1.165, 1.54) is 50.1 Å². The Bertz CT molecular complexity index is 1380. The van der Waals surface area contributed by atoms with E-state index in [-0.39, 0.29) is 0 Å². The van der Waals surface area contributed by atoms with Crippen molar-refractivity contribution in [2.45, 2.75) is 51.4 Å². The minimum absolute atomic E-state index is 0.486. The fraction of sp³-hybridized carbons (Fsp3) is 0.250. The lowest BCUT2D eigenvalue weighted by Gasteiger charge is -2.39. The molecule has 0 saturated carbocycles. The largest absolute Gasteiger partial charge is 0.0837 e. The summed E-state index contributed by atoms with van der Waals surface area (Å²) in [5, 5.41) is 2.61. The molecule has 2 atom stereocenters. The first-order chi connectivity index (χ1) is 17.1. The topological polar surface area (TPSA) is 0 Å². The zero-order valence-electron chi connectivity index (χ0n) is 21.4. The van der Waals surface area contributed by atoms with Gasteiger partial charge in [0, 0.05) is 26.2 Å². The molecular weight excluding hydrogens is 519 g/mol. The summed E-state index contributed by atoms with van der Waals surface area (Å²) >= 11 is 19.0. The molecular formula is C32H31Cl3Si. The summed E-state index contributed by atoms with van der Waals surface area (Å²) in [5.74, 6) is 0. The van der Waals surface area contributed by atoms with E-state index in [0.717, 1.165) is 21.5 Å². The summed E-state index contributed by atoms with van der Waals surface area (Å²) in [6, 6.07) is 18.8. The van der Waals surface area contributed by atoms with E-state index in [0.29, 0.717) is 11.1 Å². The van der Waals surface area contributed by atoms with Crippen LogP contribution in [0.25, 0.3) is 18.2 Å². The van der Waals surface area contributed by atoms with E-state index < -0.39 is 8.07 Å².